The van der Waals surface area contributed by atoms with Crippen molar-refractivity contribution >= 4 is 10.8 Å². The minimum atomic E-state index is -0.947. The van der Waals surface area contributed by atoms with Crippen LogP contribution < -0.4 is 0 Å². The van der Waals surface area contributed by atoms with Gasteiger partial charge in [-0.3, -0.25) is 0 Å². The normalized spacial score (nSPS) is 27.4. The van der Waals surface area contributed by atoms with E-state index in [1.807, 2.05) is 25.1 Å². The highest BCUT2D eigenvalue weighted by molar-refractivity contribution is 6.02. The maximum Gasteiger partial charge on any atom is 0.123 e. The molecule has 1 fully saturated rings. The van der Waals surface area contributed by atoms with Gasteiger partial charge in [-0.1, -0.05) is 55.0 Å². The molecule has 2 aliphatic rings. The smallest absolute Gasteiger partial charge is 0.123 e. The van der Waals surface area contributed by atoms with Gasteiger partial charge in [0.05, 0.1) is 5.60 Å². The molecule has 2 N–H and O–H groups in total. The van der Waals surface area contributed by atoms with E-state index in [1.54, 1.807) is 6.07 Å². The molecular weight excluding hydrogens is 308 g/mol. The summed E-state index contributed by atoms with van der Waals surface area (Å²) in [6, 6.07) is 18.4. The molecule has 0 amide bonds. The maximum absolute atomic E-state index is 11.6. The van der Waals surface area contributed by atoms with Crippen molar-refractivity contribution in [1.29, 1.82) is 0 Å². The summed E-state index contributed by atoms with van der Waals surface area (Å²) in [4.78, 5) is 0. The summed E-state index contributed by atoms with van der Waals surface area (Å²) in [7, 11) is 0. The predicted molar refractivity (Wildman–Crippen MR) is 101 cm³/mol. The first-order valence-electron chi connectivity index (χ1n) is 9.16. The van der Waals surface area contributed by atoms with Crippen LogP contribution in [0.25, 0.3) is 21.9 Å². The van der Waals surface area contributed by atoms with E-state index in [0.717, 1.165) is 41.2 Å². The summed E-state index contributed by atoms with van der Waals surface area (Å²) in [5, 5.41) is 24.1. The Morgan fingerprint density at radius 2 is 1.68 bits per heavy atom. The molecule has 0 saturated heterocycles. The van der Waals surface area contributed by atoms with Crippen molar-refractivity contribution in [3.05, 3.63) is 65.7 Å². The first-order valence-corrected chi connectivity index (χ1v) is 9.16. The van der Waals surface area contributed by atoms with Gasteiger partial charge < -0.3 is 10.2 Å². The van der Waals surface area contributed by atoms with Gasteiger partial charge in [0.2, 0.25) is 0 Å². The van der Waals surface area contributed by atoms with Crippen LogP contribution >= 0.6 is 0 Å². The average molecular weight is 330 g/mol. The van der Waals surface area contributed by atoms with E-state index >= 15 is 0 Å². The zero-order valence-corrected chi connectivity index (χ0v) is 14.4. The van der Waals surface area contributed by atoms with Gasteiger partial charge in [0.25, 0.3) is 0 Å². The van der Waals surface area contributed by atoms with Crippen LogP contribution in [0.5, 0.6) is 5.75 Å². The number of fused-ring (bicyclic) bond motifs is 7. The fraction of sp³-hybridized carbons (Fsp3) is 0.304. The number of phenols is 1. The Hall–Kier alpha value is -2.32. The summed E-state index contributed by atoms with van der Waals surface area (Å²) >= 11 is 0. The molecule has 3 unspecified atom stereocenters. The Balaban J connectivity index is 1.98. The quantitative estimate of drug-likeness (QED) is 0.586. The topological polar surface area (TPSA) is 40.5 Å². The lowest BCUT2D eigenvalue weighted by Crippen LogP contribution is -2.32. The molecule has 3 aromatic carbocycles. The average Bonchev–Trinajstić information content (AvgIpc) is 3.10. The van der Waals surface area contributed by atoms with Gasteiger partial charge in [0, 0.05) is 5.39 Å². The van der Waals surface area contributed by atoms with E-state index in [0.29, 0.717) is 5.92 Å². The molecule has 5 rings (SSSR count). The fourth-order valence-corrected chi connectivity index (χ4v) is 5.30. The minimum Gasteiger partial charge on any atom is -0.507 e. The third-order valence-electron chi connectivity index (χ3n) is 6.44. The largest absolute Gasteiger partial charge is 0.507 e. The van der Waals surface area contributed by atoms with Gasteiger partial charge >= 0.3 is 0 Å². The SMILES string of the molecule is CC1(O)c2cc(O)c3ccccc3c2-c2ccccc2C2CCCC21. The van der Waals surface area contributed by atoms with Gasteiger partial charge in [0.15, 0.2) is 0 Å². The van der Waals surface area contributed by atoms with Crippen LogP contribution in [-0.2, 0) is 5.60 Å². The standard InChI is InChI=1S/C23H22O2/c1-23(25)19-12-6-11-15(19)14-7-2-4-9-17(14)22-18-10-5-3-8-16(18)21(24)13-20(22)23/h2-5,7-10,13,15,19,24-25H,6,11-12H2,1H3. The molecule has 126 valence electrons. The molecule has 25 heavy (non-hydrogen) atoms. The second kappa shape index (κ2) is 5.09. The Morgan fingerprint density at radius 1 is 0.960 bits per heavy atom. The van der Waals surface area contributed by atoms with Crippen LogP contribution in [-0.4, -0.2) is 10.2 Å². The van der Waals surface area contributed by atoms with E-state index in [9.17, 15) is 10.2 Å². The van der Waals surface area contributed by atoms with Crippen LogP contribution in [0.3, 0.4) is 0 Å². The minimum absolute atomic E-state index is 0.190. The summed E-state index contributed by atoms with van der Waals surface area (Å²) in [6.07, 6.45) is 3.30. The van der Waals surface area contributed by atoms with Crippen LogP contribution in [0.4, 0.5) is 0 Å². The molecule has 2 nitrogen and oxygen atoms in total. The number of hydrogen-bond donors (Lipinski definition) is 2. The molecule has 0 heterocycles. The monoisotopic (exact) mass is 330 g/mol. The van der Waals surface area contributed by atoms with E-state index in [4.69, 9.17) is 0 Å². The maximum atomic E-state index is 11.6. The fourth-order valence-electron chi connectivity index (χ4n) is 5.30. The Labute approximate surface area is 147 Å². The molecule has 0 aromatic heterocycles. The molecular formula is C23H22O2. The highest BCUT2D eigenvalue weighted by Gasteiger charge is 2.46. The van der Waals surface area contributed by atoms with Gasteiger partial charge in [-0.2, -0.15) is 0 Å². The van der Waals surface area contributed by atoms with Crippen molar-refractivity contribution in [2.24, 2.45) is 5.92 Å². The number of aromatic hydroxyl groups is 1. The van der Waals surface area contributed by atoms with Gasteiger partial charge in [0.1, 0.15) is 5.75 Å². The number of benzene rings is 3. The van der Waals surface area contributed by atoms with E-state index in [1.165, 1.54) is 11.1 Å². The van der Waals surface area contributed by atoms with Crippen LogP contribution in [0.2, 0.25) is 0 Å². The van der Waals surface area contributed by atoms with Crippen molar-refractivity contribution < 1.29 is 10.2 Å². The molecule has 0 spiro atoms. The molecule has 3 atom stereocenters. The van der Waals surface area contributed by atoms with Crippen LogP contribution in [0.1, 0.15) is 43.2 Å². The Morgan fingerprint density at radius 3 is 2.52 bits per heavy atom. The number of phenolic OH excluding ortho intramolecular Hbond substituents is 1. The zero-order valence-electron chi connectivity index (χ0n) is 14.4. The first kappa shape index (κ1) is 15.0. The number of rotatable bonds is 0. The lowest BCUT2D eigenvalue weighted by Gasteiger charge is -2.34. The summed E-state index contributed by atoms with van der Waals surface area (Å²) in [6.45, 7) is 1.94. The highest BCUT2D eigenvalue weighted by Crippen LogP contribution is 2.57. The predicted octanol–water partition coefficient (Wildman–Crippen LogP) is 5.32. The van der Waals surface area contributed by atoms with Crippen LogP contribution in [0, 0.1) is 5.92 Å². The van der Waals surface area contributed by atoms with Gasteiger partial charge in [-0.05, 0) is 65.3 Å². The lowest BCUT2D eigenvalue weighted by atomic mass is 9.76. The van der Waals surface area contributed by atoms with Gasteiger partial charge in [-0.25, -0.2) is 0 Å². The number of hydrogen-bond acceptors (Lipinski definition) is 2. The Bertz CT molecular complexity index is 987. The summed E-state index contributed by atoms with van der Waals surface area (Å²) in [5.74, 6) is 0.818. The van der Waals surface area contributed by atoms with Crippen molar-refractivity contribution in [2.75, 3.05) is 0 Å². The summed E-state index contributed by atoms with van der Waals surface area (Å²) < 4.78 is 0. The van der Waals surface area contributed by atoms with Crippen molar-refractivity contribution in [1.82, 2.24) is 0 Å². The van der Waals surface area contributed by atoms with Crippen molar-refractivity contribution in [2.45, 2.75) is 37.7 Å². The first-order chi connectivity index (χ1) is 12.1. The highest BCUT2D eigenvalue weighted by atomic mass is 16.3. The van der Waals surface area contributed by atoms with Gasteiger partial charge in [-0.15, -0.1) is 0 Å². The third-order valence-corrected chi connectivity index (χ3v) is 6.44. The Kier molecular flexibility index (Phi) is 3.05. The molecule has 3 aromatic rings. The van der Waals surface area contributed by atoms with Crippen molar-refractivity contribution in [3.8, 4) is 16.9 Å². The molecule has 0 aliphatic heterocycles. The van der Waals surface area contributed by atoms with E-state index in [2.05, 4.69) is 30.3 Å². The molecule has 1 saturated carbocycles. The molecule has 2 aliphatic carbocycles. The second-order valence-electron chi connectivity index (χ2n) is 7.74. The molecule has 2 heteroatoms. The lowest BCUT2D eigenvalue weighted by molar-refractivity contribution is -0.00891. The van der Waals surface area contributed by atoms with E-state index in [-0.39, 0.29) is 11.7 Å². The van der Waals surface area contributed by atoms with Crippen molar-refractivity contribution in [3.63, 3.8) is 0 Å². The second-order valence-corrected chi connectivity index (χ2v) is 7.74. The number of aliphatic hydroxyl groups is 1. The third kappa shape index (κ3) is 1.95. The molecule has 0 radical (unpaired) electrons. The zero-order chi connectivity index (χ0) is 17.2. The molecule has 0 bridgehead atoms. The van der Waals surface area contributed by atoms with Crippen LogP contribution in [0.15, 0.2) is 54.6 Å². The van der Waals surface area contributed by atoms with E-state index < -0.39 is 5.60 Å². The summed E-state index contributed by atoms with van der Waals surface area (Å²) in [5.41, 5.74) is 3.56.